The van der Waals surface area contributed by atoms with Crippen molar-refractivity contribution in [2.24, 2.45) is 5.28 Å². The zero-order valence-electron chi connectivity index (χ0n) is 8.25. The lowest BCUT2D eigenvalue weighted by Gasteiger charge is -2.04. The Labute approximate surface area is 86.4 Å². The monoisotopic (exact) mass is 205 g/mol. The van der Waals surface area contributed by atoms with Crippen LogP contribution >= 0.6 is 0 Å². The van der Waals surface area contributed by atoms with E-state index in [1.807, 2.05) is 24.3 Å². The van der Waals surface area contributed by atoms with Crippen molar-refractivity contribution in [3.05, 3.63) is 52.9 Å². The molecule has 0 saturated heterocycles. The Kier molecular flexibility index (Phi) is 3.20. The van der Waals surface area contributed by atoms with Crippen LogP contribution in [-0.2, 0) is 0 Å². The number of benzene rings is 2. The third-order valence-corrected chi connectivity index (χ3v) is 2.05. The highest BCUT2D eigenvalue weighted by molar-refractivity contribution is 5.90. The van der Waals surface area contributed by atoms with E-state index in [9.17, 15) is 10.4 Å². The second-order valence-corrected chi connectivity index (χ2v) is 2.85. The summed E-state index contributed by atoms with van der Waals surface area (Å²) in [6, 6.07) is 12.5. The summed E-state index contributed by atoms with van der Waals surface area (Å²) in [4.78, 5) is 0.0856. The van der Waals surface area contributed by atoms with Gasteiger partial charge in [-0.1, -0.05) is 35.2 Å². The first-order valence-electron chi connectivity index (χ1n) is 4.11. The zero-order valence-corrected chi connectivity index (χ0v) is 8.25. The highest BCUT2D eigenvalue weighted by Crippen LogP contribution is 2.24. The molecule has 0 atom stereocenters. The molecule has 5 nitrogen and oxygen atoms in total. The van der Waals surface area contributed by atoms with Gasteiger partial charge in [-0.25, -0.2) is 0 Å². The van der Waals surface area contributed by atoms with E-state index in [-0.39, 0.29) is 16.7 Å². The van der Waals surface area contributed by atoms with Crippen LogP contribution in [0.2, 0.25) is 0 Å². The third kappa shape index (κ3) is 1.87. The van der Waals surface area contributed by atoms with Gasteiger partial charge in [0.15, 0.2) is 0 Å². The number of fused-ring (bicyclic) bond motifs is 1. The number of rotatable bonds is 1. The molecule has 4 N–H and O–H groups in total. The fraction of sp³-hybridized carbons (Fsp3) is 0. The minimum absolute atomic E-state index is 0. The highest BCUT2D eigenvalue weighted by Gasteiger charge is 2.06. The van der Waals surface area contributed by atoms with Crippen LogP contribution in [0.4, 0.5) is 5.69 Å². The van der Waals surface area contributed by atoms with Gasteiger partial charge in [0.25, 0.3) is 5.69 Å². The van der Waals surface area contributed by atoms with E-state index in [1.54, 1.807) is 18.2 Å². The predicted octanol–water partition coefficient (Wildman–Crippen LogP) is 3.31. The van der Waals surface area contributed by atoms with Gasteiger partial charge in [0.2, 0.25) is 0 Å². The van der Waals surface area contributed by atoms with Gasteiger partial charge in [0.05, 0.1) is 5.39 Å². The molecule has 78 valence electrons. The van der Waals surface area contributed by atoms with E-state index < -0.39 is 0 Å². The molecule has 0 aliphatic rings. The van der Waals surface area contributed by atoms with Gasteiger partial charge >= 0.3 is 0 Å². The molecular weight excluding hydrogens is 194 g/mol. The molecule has 0 fully saturated rings. The summed E-state index contributed by atoms with van der Waals surface area (Å²) >= 11 is 0. The quantitative estimate of drug-likeness (QED) is 0.438. The molecule has 0 amide bonds. The normalized spacial score (nSPS) is 11.1. The molecule has 0 bridgehead atoms. The molecule has 0 heterocycles. The molecule has 0 aliphatic heterocycles. The van der Waals surface area contributed by atoms with Crippen molar-refractivity contribution in [1.82, 2.24) is 6.15 Å². The molecule has 0 aromatic heterocycles. The van der Waals surface area contributed by atoms with E-state index in [0.29, 0.717) is 0 Å². The molecule has 5 heteroatoms. The lowest BCUT2D eigenvalue weighted by molar-refractivity contribution is -0.434. The van der Waals surface area contributed by atoms with Crippen LogP contribution in [-0.4, -0.2) is 4.86 Å². The molecule has 0 radical (unpaired) electrons. The minimum atomic E-state index is 0. The highest BCUT2D eigenvalue weighted by atomic mass is 16.6. The number of hydrogen-bond donors (Lipinski definition) is 1. The average Bonchev–Trinajstić information content (AvgIpc) is 2.27. The maximum absolute atomic E-state index is 11.1. The molecule has 2 aromatic rings. The standard InChI is InChI=1S/C10H8N2O2.H3N/c13-11-12(14)10-7-3-5-8-4-1-2-6-9(8)10;/h1-7,13H;1H3/b12-11-;. The molecular formula is C10H11N3O2. The smallest absolute Gasteiger partial charge is 0.251 e. The van der Waals surface area contributed by atoms with Crippen molar-refractivity contribution in [2.75, 3.05) is 0 Å². The Bertz CT molecular complexity index is 491. The Balaban J connectivity index is 0.00000112. The van der Waals surface area contributed by atoms with E-state index in [4.69, 9.17) is 0 Å². The topological polar surface area (TPSA) is 98.0 Å². The maximum atomic E-state index is 11.1. The van der Waals surface area contributed by atoms with Crippen LogP contribution in [0.1, 0.15) is 0 Å². The van der Waals surface area contributed by atoms with Gasteiger partial charge in [0.1, 0.15) is 0 Å². The summed E-state index contributed by atoms with van der Waals surface area (Å²) in [5.74, 6) is 0. The molecule has 0 spiro atoms. The Hall–Kier alpha value is -2.14. The summed E-state index contributed by atoms with van der Waals surface area (Å²) in [6.07, 6.45) is 0. The molecule has 0 unspecified atom stereocenters. The van der Waals surface area contributed by atoms with Gasteiger partial charge in [-0.15, -0.1) is 0 Å². The van der Waals surface area contributed by atoms with Gasteiger partial charge in [0, 0.05) is 6.07 Å². The minimum Gasteiger partial charge on any atom is -0.739 e. The Morgan fingerprint density at radius 2 is 1.67 bits per heavy atom. The third-order valence-electron chi connectivity index (χ3n) is 2.05. The SMILES string of the molecule is [NH4+].[O-]/N=[N+](\[O-])c1cccc2ccccc12. The average molecular weight is 205 g/mol. The van der Waals surface area contributed by atoms with Crippen LogP contribution in [0.3, 0.4) is 0 Å². The van der Waals surface area contributed by atoms with Crippen molar-refractivity contribution in [3.8, 4) is 0 Å². The maximum Gasteiger partial charge on any atom is 0.251 e. The molecule has 0 aliphatic carbocycles. The van der Waals surface area contributed by atoms with Crippen LogP contribution < -0.4 is 6.15 Å². The first kappa shape index (κ1) is 10.9. The molecule has 0 saturated carbocycles. The second kappa shape index (κ2) is 4.39. The first-order valence-corrected chi connectivity index (χ1v) is 4.11. The van der Waals surface area contributed by atoms with Crippen molar-refractivity contribution in [2.45, 2.75) is 0 Å². The predicted molar refractivity (Wildman–Crippen MR) is 59.0 cm³/mol. The first-order chi connectivity index (χ1) is 6.83. The molecule has 15 heavy (non-hydrogen) atoms. The van der Waals surface area contributed by atoms with Crippen LogP contribution in [0, 0.1) is 10.4 Å². The van der Waals surface area contributed by atoms with Crippen LogP contribution in [0.25, 0.3) is 10.8 Å². The largest absolute Gasteiger partial charge is 0.739 e. The Morgan fingerprint density at radius 1 is 1.00 bits per heavy atom. The van der Waals surface area contributed by atoms with Gasteiger partial charge in [-0.2, -0.15) is 0 Å². The van der Waals surface area contributed by atoms with E-state index in [1.165, 1.54) is 0 Å². The van der Waals surface area contributed by atoms with E-state index >= 15 is 0 Å². The molecule has 2 rings (SSSR count). The summed E-state index contributed by atoms with van der Waals surface area (Å²) in [6.45, 7) is 0. The summed E-state index contributed by atoms with van der Waals surface area (Å²) < 4.78 is 0. The van der Waals surface area contributed by atoms with Gasteiger partial charge < -0.3 is 16.6 Å². The van der Waals surface area contributed by atoms with Crippen LogP contribution in [0.15, 0.2) is 47.7 Å². The lowest BCUT2D eigenvalue weighted by atomic mass is 10.1. The fourth-order valence-corrected chi connectivity index (χ4v) is 1.42. The van der Waals surface area contributed by atoms with E-state index in [2.05, 4.69) is 5.28 Å². The number of nitrogens with zero attached hydrogens (tertiary/aromatic N) is 2. The zero-order chi connectivity index (χ0) is 9.97. The fourth-order valence-electron chi connectivity index (χ4n) is 1.42. The van der Waals surface area contributed by atoms with Crippen molar-refractivity contribution >= 4 is 16.5 Å². The van der Waals surface area contributed by atoms with E-state index in [0.717, 1.165) is 10.8 Å². The van der Waals surface area contributed by atoms with Gasteiger partial charge in [-0.05, 0) is 16.7 Å². The second-order valence-electron chi connectivity index (χ2n) is 2.85. The van der Waals surface area contributed by atoms with Crippen molar-refractivity contribution in [3.63, 3.8) is 0 Å². The number of hydrogen-bond acceptors (Lipinski definition) is 3. The van der Waals surface area contributed by atoms with Crippen LogP contribution in [0.5, 0.6) is 0 Å². The molecule has 2 aromatic carbocycles. The number of quaternary nitrogens is 1. The summed E-state index contributed by atoms with van der Waals surface area (Å²) in [5.41, 5.74) is 0.276. The van der Waals surface area contributed by atoms with Crippen molar-refractivity contribution < 1.29 is 4.86 Å². The summed E-state index contributed by atoms with van der Waals surface area (Å²) in [7, 11) is 0. The van der Waals surface area contributed by atoms with Gasteiger partial charge in [-0.3, -0.25) is 0 Å². The van der Waals surface area contributed by atoms with Crippen molar-refractivity contribution in [1.29, 1.82) is 0 Å². The lowest BCUT2D eigenvalue weighted by Crippen LogP contribution is -1.90. The summed E-state index contributed by atoms with van der Waals surface area (Å²) in [5, 5.41) is 25.2. The Morgan fingerprint density at radius 3 is 2.40 bits per heavy atom.